The fraction of sp³-hybridized carbons (Fsp3) is 0.227. The highest BCUT2D eigenvalue weighted by Gasteiger charge is 2.14. The first-order valence-electron chi connectivity index (χ1n) is 9.26. The van der Waals surface area contributed by atoms with Gasteiger partial charge in [-0.25, -0.2) is 9.37 Å². The lowest BCUT2D eigenvalue weighted by Gasteiger charge is -2.14. The van der Waals surface area contributed by atoms with Crippen LogP contribution in [0.15, 0.2) is 59.4 Å². The van der Waals surface area contributed by atoms with Crippen molar-refractivity contribution in [3.63, 3.8) is 0 Å². The Labute approximate surface area is 168 Å². The molecule has 6 nitrogen and oxygen atoms in total. The summed E-state index contributed by atoms with van der Waals surface area (Å²) in [6, 6.07) is 14.4. The van der Waals surface area contributed by atoms with Gasteiger partial charge in [-0.15, -0.1) is 0 Å². The number of benzene rings is 2. The fourth-order valence-corrected chi connectivity index (χ4v) is 2.85. The second-order valence-corrected chi connectivity index (χ2v) is 6.48. The molecule has 1 N–H and O–H groups in total. The first-order chi connectivity index (χ1) is 14.0. The lowest BCUT2D eigenvalue weighted by molar-refractivity contribution is -0.121. The molecule has 1 amide bonds. The average molecular weight is 395 g/mol. The third-order valence-corrected chi connectivity index (χ3v) is 4.48. The number of rotatable bonds is 7. The van der Waals surface area contributed by atoms with Gasteiger partial charge < -0.3 is 10.1 Å². The van der Waals surface area contributed by atoms with Gasteiger partial charge in [-0.3, -0.25) is 14.2 Å². The second kappa shape index (κ2) is 9.14. The van der Waals surface area contributed by atoms with E-state index in [2.05, 4.69) is 10.3 Å². The summed E-state index contributed by atoms with van der Waals surface area (Å²) in [6.45, 7) is 2.03. The van der Waals surface area contributed by atoms with Crippen LogP contribution in [0.25, 0.3) is 11.4 Å². The standard InChI is InChI=1S/C22H22FN3O3/c1-3-18-12-21(28)26(22(25-18)16-6-8-17(23)9-7-16)14-20(27)24-13-15-4-10-19(29-2)11-5-15/h4-12H,3,13-14H2,1-2H3,(H,24,27). The molecule has 7 heteroatoms. The van der Waals surface area contributed by atoms with Gasteiger partial charge >= 0.3 is 0 Å². The first kappa shape index (κ1) is 20.3. The number of nitrogens with zero attached hydrogens (tertiary/aromatic N) is 2. The zero-order valence-corrected chi connectivity index (χ0v) is 16.3. The molecule has 0 bridgehead atoms. The van der Waals surface area contributed by atoms with E-state index in [1.165, 1.54) is 22.8 Å². The van der Waals surface area contributed by atoms with Crippen molar-refractivity contribution in [3.8, 4) is 17.1 Å². The van der Waals surface area contributed by atoms with Crippen LogP contribution in [0.4, 0.5) is 4.39 Å². The number of carbonyl (C=O) groups excluding carboxylic acids is 1. The molecule has 150 valence electrons. The molecule has 0 spiro atoms. The average Bonchev–Trinajstić information content (AvgIpc) is 2.74. The van der Waals surface area contributed by atoms with Crippen molar-refractivity contribution in [2.75, 3.05) is 7.11 Å². The van der Waals surface area contributed by atoms with Crippen molar-refractivity contribution in [3.05, 3.63) is 82.0 Å². The third-order valence-electron chi connectivity index (χ3n) is 4.48. The summed E-state index contributed by atoms with van der Waals surface area (Å²) in [4.78, 5) is 29.6. The van der Waals surface area contributed by atoms with Gasteiger partial charge in [0.15, 0.2) is 0 Å². The minimum absolute atomic E-state index is 0.182. The van der Waals surface area contributed by atoms with Gasteiger partial charge in [-0.1, -0.05) is 19.1 Å². The molecule has 0 radical (unpaired) electrons. The number of aromatic nitrogens is 2. The Kier molecular flexibility index (Phi) is 6.39. The van der Waals surface area contributed by atoms with Gasteiger partial charge in [-0.05, 0) is 48.4 Å². The molecule has 0 unspecified atom stereocenters. The van der Waals surface area contributed by atoms with Crippen molar-refractivity contribution in [2.24, 2.45) is 0 Å². The van der Waals surface area contributed by atoms with Crippen LogP contribution >= 0.6 is 0 Å². The number of amides is 1. The summed E-state index contributed by atoms with van der Waals surface area (Å²) >= 11 is 0. The third kappa shape index (κ3) is 5.07. The van der Waals surface area contributed by atoms with Crippen LogP contribution in [0.2, 0.25) is 0 Å². The number of hydrogen-bond acceptors (Lipinski definition) is 4. The SMILES string of the molecule is CCc1cc(=O)n(CC(=O)NCc2ccc(OC)cc2)c(-c2ccc(F)cc2)n1. The van der Waals surface area contributed by atoms with Crippen molar-refractivity contribution in [1.29, 1.82) is 0 Å². The van der Waals surface area contributed by atoms with Crippen LogP contribution in [0.3, 0.4) is 0 Å². The molecule has 1 aromatic heterocycles. The van der Waals surface area contributed by atoms with Crippen LogP contribution in [0.5, 0.6) is 5.75 Å². The van der Waals surface area contributed by atoms with Gasteiger partial charge in [0, 0.05) is 23.9 Å². The number of ether oxygens (including phenoxy) is 1. The largest absolute Gasteiger partial charge is 0.497 e. The van der Waals surface area contributed by atoms with E-state index >= 15 is 0 Å². The molecule has 0 aliphatic heterocycles. The normalized spacial score (nSPS) is 10.6. The highest BCUT2D eigenvalue weighted by Crippen LogP contribution is 2.17. The van der Waals surface area contributed by atoms with E-state index in [4.69, 9.17) is 4.74 Å². The minimum atomic E-state index is -0.383. The van der Waals surface area contributed by atoms with E-state index in [0.717, 1.165) is 11.3 Å². The molecule has 0 saturated carbocycles. The molecular formula is C22H22FN3O3. The Morgan fingerprint density at radius 3 is 2.45 bits per heavy atom. The van der Waals surface area contributed by atoms with Gasteiger partial charge in [0.2, 0.25) is 5.91 Å². The molecule has 3 aromatic rings. The predicted molar refractivity (Wildman–Crippen MR) is 108 cm³/mol. The van der Waals surface area contributed by atoms with Gasteiger partial charge in [0.25, 0.3) is 5.56 Å². The first-order valence-corrected chi connectivity index (χ1v) is 9.26. The van der Waals surface area contributed by atoms with E-state index < -0.39 is 0 Å². The molecule has 0 saturated heterocycles. The smallest absolute Gasteiger partial charge is 0.254 e. The van der Waals surface area contributed by atoms with Crippen molar-refractivity contribution < 1.29 is 13.9 Å². The summed E-state index contributed by atoms with van der Waals surface area (Å²) in [5.74, 6) is 0.371. The Morgan fingerprint density at radius 1 is 1.14 bits per heavy atom. The summed E-state index contributed by atoms with van der Waals surface area (Å²) in [6.07, 6.45) is 0.577. The maximum atomic E-state index is 13.3. The molecule has 0 fully saturated rings. The lowest BCUT2D eigenvalue weighted by Crippen LogP contribution is -2.33. The molecule has 0 aliphatic rings. The molecule has 3 rings (SSSR count). The summed E-state index contributed by atoms with van der Waals surface area (Å²) < 4.78 is 19.7. The number of carbonyl (C=O) groups is 1. The molecule has 2 aromatic carbocycles. The van der Waals surface area contributed by atoms with E-state index in [9.17, 15) is 14.0 Å². The van der Waals surface area contributed by atoms with Crippen LogP contribution in [0, 0.1) is 5.82 Å². The molecule has 1 heterocycles. The number of nitrogens with one attached hydrogen (secondary N) is 1. The van der Waals surface area contributed by atoms with Crippen LogP contribution in [0.1, 0.15) is 18.2 Å². The van der Waals surface area contributed by atoms with Gasteiger partial charge in [-0.2, -0.15) is 0 Å². The lowest BCUT2D eigenvalue weighted by atomic mass is 10.2. The monoisotopic (exact) mass is 395 g/mol. The molecule has 0 aliphatic carbocycles. The summed E-state index contributed by atoms with van der Waals surface area (Å²) in [7, 11) is 1.59. The minimum Gasteiger partial charge on any atom is -0.497 e. The highest BCUT2D eigenvalue weighted by molar-refractivity contribution is 5.76. The zero-order chi connectivity index (χ0) is 20.8. The van der Waals surface area contributed by atoms with Crippen LogP contribution in [-0.4, -0.2) is 22.6 Å². The Morgan fingerprint density at radius 2 is 1.83 bits per heavy atom. The van der Waals surface area contributed by atoms with Crippen molar-refractivity contribution in [2.45, 2.75) is 26.4 Å². The summed E-state index contributed by atoms with van der Waals surface area (Å²) in [5.41, 5.74) is 1.77. The maximum Gasteiger partial charge on any atom is 0.254 e. The van der Waals surface area contributed by atoms with E-state index in [1.807, 2.05) is 31.2 Å². The zero-order valence-electron chi connectivity index (χ0n) is 16.3. The van der Waals surface area contributed by atoms with Crippen LogP contribution < -0.4 is 15.6 Å². The van der Waals surface area contributed by atoms with Crippen molar-refractivity contribution >= 4 is 5.91 Å². The number of hydrogen-bond donors (Lipinski definition) is 1. The fourth-order valence-electron chi connectivity index (χ4n) is 2.85. The number of halogens is 1. The topological polar surface area (TPSA) is 73.2 Å². The quantitative estimate of drug-likeness (QED) is 0.668. The molecule has 29 heavy (non-hydrogen) atoms. The highest BCUT2D eigenvalue weighted by atomic mass is 19.1. The van der Waals surface area contributed by atoms with E-state index in [1.54, 1.807) is 19.2 Å². The Balaban J connectivity index is 1.80. The summed E-state index contributed by atoms with van der Waals surface area (Å²) in [5, 5.41) is 2.80. The van der Waals surface area contributed by atoms with Crippen molar-refractivity contribution in [1.82, 2.24) is 14.9 Å². The number of aryl methyl sites for hydroxylation is 1. The van der Waals surface area contributed by atoms with E-state index in [0.29, 0.717) is 30.0 Å². The maximum absolute atomic E-state index is 13.3. The molecule has 0 atom stereocenters. The van der Waals surface area contributed by atoms with Gasteiger partial charge in [0.1, 0.15) is 23.9 Å². The Bertz CT molecular complexity index is 1040. The Hall–Kier alpha value is -3.48. The van der Waals surface area contributed by atoms with Crippen LogP contribution in [-0.2, 0) is 24.3 Å². The van der Waals surface area contributed by atoms with Gasteiger partial charge in [0.05, 0.1) is 7.11 Å². The second-order valence-electron chi connectivity index (χ2n) is 6.48. The predicted octanol–water partition coefficient (Wildman–Crippen LogP) is 2.94. The molecular weight excluding hydrogens is 373 g/mol. The van der Waals surface area contributed by atoms with E-state index in [-0.39, 0.29) is 23.8 Å². The number of methoxy groups -OCH3 is 1.